The summed E-state index contributed by atoms with van der Waals surface area (Å²) in [5, 5.41) is 6.35. The number of benzene rings is 3. The van der Waals surface area contributed by atoms with E-state index in [0.29, 0.717) is 0 Å². The summed E-state index contributed by atoms with van der Waals surface area (Å²) in [7, 11) is 0. The molecule has 0 unspecified atom stereocenters. The van der Waals surface area contributed by atoms with E-state index in [0.717, 1.165) is 53.7 Å². The minimum atomic E-state index is 0.182. The maximum atomic E-state index is 6.18. The van der Waals surface area contributed by atoms with Crippen LogP contribution in [0.15, 0.2) is 97.5 Å². The van der Waals surface area contributed by atoms with Gasteiger partial charge in [-0.05, 0) is 35.4 Å². The van der Waals surface area contributed by atoms with Crippen LogP contribution in [0.25, 0.3) is 16.7 Å². The van der Waals surface area contributed by atoms with Crippen LogP contribution in [0.1, 0.15) is 17.2 Å². The van der Waals surface area contributed by atoms with Crippen LogP contribution in [0, 0.1) is 0 Å². The van der Waals surface area contributed by atoms with Crippen LogP contribution in [-0.4, -0.2) is 50.8 Å². The second-order valence-corrected chi connectivity index (χ2v) is 9.15. The molecule has 7 heteroatoms. The predicted octanol–water partition coefficient (Wildman–Crippen LogP) is 5.38. The van der Waals surface area contributed by atoms with Crippen LogP contribution in [0.3, 0.4) is 0 Å². The van der Waals surface area contributed by atoms with E-state index in [1.54, 1.807) is 6.33 Å². The average Bonchev–Trinajstić information content (AvgIpc) is 3.36. The molecule has 6 rings (SSSR count). The second kappa shape index (κ2) is 9.49. The van der Waals surface area contributed by atoms with Crippen molar-refractivity contribution in [3.8, 4) is 5.69 Å². The lowest BCUT2D eigenvalue weighted by molar-refractivity contribution is 0.212. The summed E-state index contributed by atoms with van der Waals surface area (Å²) < 4.78 is 1.88. The average molecular weight is 481 g/mol. The SMILES string of the molecule is Clc1ccc([C@@H](c2ccccc2)N2CCN(c3ncnc4c3cnn4-c3ccccc3)CC2)cc1. The Morgan fingerprint density at radius 3 is 2.09 bits per heavy atom. The lowest BCUT2D eigenvalue weighted by atomic mass is 9.96. The lowest BCUT2D eigenvalue weighted by Crippen LogP contribution is -2.48. The second-order valence-electron chi connectivity index (χ2n) is 8.71. The third-order valence-corrected chi connectivity index (χ3v) is 6.88. The molecule has 0 saturated carbocycles. The van der Waals surface area contributed by atoms with Gasteiger partial charge in [0.15, 0.2) is 5.65 Å². The Morgan fingerprint density at radius 1 is 0.714 bits per heavy atom. The molecule has 0 amide bonds. The zero-order valence-electron chi connectivity index (χ0n) is 19.2. The fraction of sp³-hybridized carbons (Fsp3) is 0.179. The molecule has 35 heavy (non-hydrogen) atoms. The van der Waals surface area contributed by atoms with Crippen LogP contribution in [0.2, 0.25) is 5.02 Å². The molecule has 1 atom stereocenters. The van der Waals surface area contributed by atoms with Gasteiger partial charge in [0, 0.05) is 31.2 Å². The zero-order chi connectivity index (χ0) is 23.6. The van der Waals surface area contributed by atoms with Crippen LogP contribution >= 0.6 is 11.6 Å². The van der Waals surface area contributed by atoms with Gasteiger partial charge in [-0.15, -0.1) is 0 Å². The number of piperazine rings is 1. The maximum Gasteiger partial charge on any atom is 0.168 e. The van der Waals surface area contributed by atoms with Crippen molar-refractivity contribution >= 4 is 28.5 Å². The number of aromatic nitrogens is 4. The van der Waals surface area contributed by atoms with E-state index in [2.05, 4.69) is 67.3 Å². The molecule has 0 spiro atoms. The molecule has 0 aliphatic carbocycles. The number of hydrogen-bond donors (Lipinski definition) is 0. The minimum Gasteiger partial charge on any atom is -0.353 e. The Balaban J connectivity index is 1.27. The Morgan fingerprint density at radius 2 is 1.37 bits per heavy atom. The van der Waals surface area contributed by atoms with Gasteiger partial charge in [0.25, 0.3) is 0 Å². The smallest absolute Gasteiger partial charge is 0.168 e. The molecule has 1 aliphatic heterocycles. The quantitative estimate of drug-likeness (QED) is 0.338. The maximum absolute atomic E-state index is 6.18. The topological polar surface area (TPSA) is 50.1 Å². The Labute approximate surface area is 209 Å². The van der Waals surface area contributed by atoms with E-state index in [9.17, 15) is 0 Å². The van der Waals surface area contributed by atoms with Gasteiger partial charge in [0.05, 0.1) is 23.3 Å². The van der Waals surface area contributed by atoms with Crippen molar-refractivity contribution in [3.63, 3.8) is 0 Å². The van der Waals surface area contributed by atoms with Gasteiger partial charge in [-0.3, -0.25) is 4.90 Å². The van der Waals surface area contributed by atoms with Crippen molar-refractivity contribution in [1.29, 1.82) is 0 Å². The van der Waals surface area contributed by atoms with Crippen LogP contribution in [0.5, 0.6) is 0 Å². The summed E-state index contributed by atoms with van der Waals surface area (Å²) in [6.45, 7) is 3.58. The van der Waals surface area contributed by atoms with Crippen molar-refractivity contribution in [2.24, 2.45) is 0 Å². The van der Waals surface area contributed by atoms with Gasteiger partial charge in [-0.1, -0.05) is 72.3 Å². The van der Waals surface area contributed by atoms with E-state index < -0.39 is 0 Å². The third-order valence-electron chi connectivity index (χ3n) is 6.63. The number of halogens is 1. The summed E-state index contributed by atoms with van der Waals surface area (Å²) in [5.41, 5.74) is 4.36. The highest BCUT2D eigenvalue weighted by atomic mass is 35.5. The fourth-order valence-corrected chi connectivity index (χ4v) is 5.05. The number of hydrogen-bond acceptors (Lipinski definition) is 5. The van der Waals surface area contributed by atoms with Gasteiger partial charge in [-0.25, -0.2) is 14.6 Å². The van der Waals surface area contributed by atoms with E-state index in [-0.39, 0.29) is 6.04 Å². The van der Waals surface area contributed by atoms with Crippen LogP contribution in [0.4, 0.5) is 5.82 Å². The largest absolute Gasteiger partial charge is 0.353 e. The van der Waals surface area contributed by atoms with Crippen molar-refractivity contribution in [2.45, 2.75) is 6.04 Å². The highest BCUT2D eigenvalue weighted by Gasteiger charge is 2.28. The third kappa shape index (κ3) is 4.27. The number of nitrogens with zero attached hydrogens (tertiary/aromatic N) is 6. The fourth-order valence-electron chi connectivity index (χ4n) is 4.93. The summed E-state index contributed by atoms with van der Waals surface area (Å²) >= 11 is 6.18. The first-order valence-corrected chi connectivity index (χ1v) is 12.2. The predicted molar refractivity (Wildman–Crippen MR) is 140 cm³/mol. The molecule has 0 N–H and O–H groups in total. The first-order valence-electron chi connectivity index (χ1n) is 11.8. The van der Waals surface area contributed by atoms with Gasteiger partial charge in [0.1, 0.15) is 12.1 Å². The summed E-state index contributed by atoms with van der Waals surface area (Å²) in [4.78, 5) is 14.1. The van der Waals surface area contributed by atoms with Crippen LogP contribution < -0.4 is 4.90 Å². The molecular weight excluding hydrogens is 456 g/mol. The number of anilines is 1. The molecule has 5 aromatic rings. The number of para-hydroxylation sites is 1. The van der Waals surface area contributed by atoms with E-state index >= 15 is 0 Å². The molecular formula is C28H25ClN6. The Bertz CT molecular complexity index is 1410. The first kappa shape index (κ1) is 21.8. The van der Waals surface area contributed by atoms with Gasteiger partial charge < -0.3 is 4.90 Å². The van der Waals surface area contributed by atoms with Crippen molar-refractivity contribution < 1.29 is 0 Å². The van der Waals surface area contributed by atoms with Crippen molar-refractivity contribution in [3.05, 3.63) is 114 Å². The molecule has 6 nitrogen and oxygen atoms in total. The molecule has 174 valence electrons. The van der Waals surface area contributed by atoms with Crippen molar-refractivity contribution in [1.82, 2.24) is 24.6 Å². The Kier molecular flexibility index (Phi) is 5.90. The number of fused-ring (bicyclic) bond motifs is 1. The standard InChI is InChI=1S/C28H25ClN6/c29-23-13-11-22(12-14-23)26(21-7-3-1-4-8-21)33-15-17-34(18-16-33)27-25-19-32-35(28(25)31-20-30-27)24-9-5-2-6-10-24/h1-14,19-20,26H,15-18H2/t26-/m1/s1. The van der Waals surface area contributed by atoms with E-state index in [1.807, 2.05) is 53.3 Å². The number of rotatable bonds is 5. The molecule has 0 radical (unpaired) electrons. The molecule has 1 saturated heterocycles. The molecule has 0 bridgehead atoms. The molecule has 1 aliphatic rings. The van der Waals surface area contributed by atoms with Gasteiger partial charge in [0.2, 0.25) is 0 Å². The molecule has 3 aromatic carbocycles. The summed E-state index contributed by atoms with van der Waals surface area (Å²) in [6, 6.07) is 29.2. The summed E-state index contributed by atoms with van der Waals surface area (Å²) in [6.07, 6.45) is 3.52. The monoisotopic (exact) mass is 480 g/mol. The minimum absolute atomic E-state index is 0.182. The zero-order valence-corrected chi connectivity index (χ0v) is 20.0. The first-order chi connectivity index (χ1) is 17.3. The van der Waals surface area contributed by atoms with Crippen LogP contribution in [-0.2, 0) is 0 Å². The lowest BCUT2D eigenvalue weighted by Gasteiger charge is -2.40. The van der Waals surface area contributed by atoms with Gasteiger partial charge in [-0.2, -0.15) is 5.10 Å². The molecule has 3 heterocycles. The highest BCUT2D eigenvalue weighted by Crippen LogP contribution is 2.32. The van der Waals surface area contributed by atoms with E-state index in [4.69, 9.17) is 11.6 Å². The molecule has 2 aromatic heterocycles. The van der Waals surface area contributed by atoms with Gasteiger partial charge >= 0.3 is 0 Å². The molecule has 1 fully saturated rings. The van der Waals surface area contributed by atoms with E-state index in [1.165, 1.54) is 11.1 Å². The summed E-state index contributed by atoms with van der Waals surface area (Å²) in [5.74, 6) is 0.944. The highest BCUT2D eigenvalue weighted by molar-refractivity contribution is 6.30. The normalized spacial score (nSPS) is 15.4. The van der Waals surface area contributed by atoms with Crippen molar-refractivity contribution in [2.75, 3.05) is 31.1 Å². The Hall–Kier alpha value is -3.74.